The first kappa shape index (κ1) is 33.1. The Morgan fingerprint density at radius 1 is 0.676 bits per heavy atom. The first-order chi connectivity index (χ1) is 18.1. The van der Waals surface area contributed by atoms with Gasteiger partial charge in [0.05, 0.1) is 33.0 Å². The summed E-state index contributed by atoms with van der Waals surface area (Å²) < 4.78 is 54.9. The molecule has 0 amide bonds. The van der Waals surface area contributed by atoms with Crippen LogP contribution in [0.5, 0.6) is 0 Å². The van der Waals surface area contributed by atoms with Crippen molar-refractivity contribution in [3.05, 3.63) is 0 Å². The first-order valence-electron chi connectivity index (χ1n) is 15.0. The highest BCUT2D eigenvalue weighted by Crippen LogP contribution is 2.51. The summed E-state index contributed by atoms with van der Waals surface area (Å²) in [5.74, 6) is 0. The molecule has 0 N–H and O–H groups in total. The molecule has 2 saturated heterocycles. The number of alkyl halides is 1. The Morgan fingerprint density at radius 3 is 1.54 bits per heavy atom. The van der Waals surface area contributed by atoms with Crippen molar-refractivity contribution in [3.63, 3.8) is 0 Å². The number of unbranched alkanes of at least 4 members (excludes halogenated alkanes) is 12. The van der Waals surface area contributed by atoms with Crippen LogP contribution in [0.4, 0.5) is 4.39 Å². The second kappa shape index (κ2) is 21.7. The molecule has 37 heavy (non-hydrogen) atoms. The monoisotopic (exact) mass is 552 g/mol. The van der Waals surface area contributed by atoms with Crippen molar-refractivity contribution in [3.8, 4) is 0 Å². The van der Waals surface area contributed by atoms with E-state index in [9.17, 15) is 8.96 Å². The van der Waals surface area contributed by atoms with E-state index in [0.717, 1.165) is 51.4 Å². The van der Waals surface area contributed by atoms with Gasteiger partial charge in [-0.2, -0.15) is 19.4 Å². The van der Waals surface area contributed by atoms with Gasteiger partial charge in [0.1, 0.15) is 6.17 Å². The summed E-state index contributed by atoms with van der Waals surface area (Å²) >= 11 is 0. The maximum absolute atomic E-state index is 13.9. The zero-order valence-corrected chi connectivity index (χ0v) is 24.3. The molecule has 0 saturated carbocycles. The van der Waals surface area contributed by atoms with Crippen LogP contribution in [0.1, 0.15) is 110 Å². The average Bonchev–Trinajstić information content (AvgIpc) is 2.90. The molecule has 0 aliphatic carbocycles. The molecule has 10 heteroatoms. The van der Waals surface area contributed by atoms with E-state index in [1.165, 1.54) is 51.4 Å². The maximum atomic E-state index is 13.9. The van der Waals surface area contributed by atoms with Gasteiger partial charge >= 0.3 is 7.82 Å². The van der Waals surface area contributed by atoms with E-state index in [1.54, 1.807) is 10.1 Å². The van der Waals surface area contributed by atoms with Crippen LogP contribution in [-0.2, 0) is 27.8 Å². The summed E-state index contributed by atoms with van der Waals surface area (Å²) in [4.78, 5) is 0. The third kappa shape index (κ3) is 17.2. The molecule has 220 valence electrons. The number of hydroxylamine groups is 4. The van der Waals surface area contributed by atoms with Crippen LogP contribution in [0.15, 0.2) is 0 Å². The molecule has 2 fully saturated rings. The van der Waals surface area contributed by atoms with Gasteiger partial charge in [-0.05, 0) is 19.3 Å². The second-order valence-electron chi connectivity index (χ2n) is 10.3. The fourth-order valence-corrected chi connectivity index (χ4v) is 5.97. The van der Waals surface area contributed by atoms with Crippen LogP contribution in [0.25, 0.3) is 0 Å². The van der Waals surface area contributed by atoms with Crippen LogP contribution in [0.2, 0.25) is 0 Å². The molecular formula is C27H54FN2O6P. The number of rotatable bonds is 23. The molecule has 1 unspecified atom stereocenters. The van der Waals surface area contributed by atoms with E-state index >= 15 is 0 Å². The quantitative estimate of drug-likeness (QED) is 0.0971. The normalized spacial score (nSPS) is 18.9. The van der Waals surface area contributed by atoms with E-state index in [1.807, 2.05) is 0 Å². The Bertz CT molecular complexity index is 555. The molecule has 2 aliphatic rings. The molecule has 0 spiro atoms. The molecule has 1 atom stereocenters. The van der Waals surface area contributed by atoms with Gasteiger partial charge in [0.2, 0.25) is 0 Å². The van der Waals surface area contributed by atoms with E-state index in [4.69, 9.17) is 23.2 Å². The highest BCUT2D eigenvalue weighted by atomic mass is 31.2. The van der Waals surface area contributed by atoms with Gasteiger partial charge in [-0.25, -0.2) is 8.96 Å². The molecule has 8 nitrogen and oxygen atoms in total. The molecule has 2 aliphatic heterocycles. The summed E-state index contributed by atoms with van der Waals surface area (Å²) in [6.07, 6.45) is 16.9. The third-order valence-corrected chi connectivity index (χ3v) is 8.26. The standard InChI is InChI=1S/C27H54FN2O6P/c1-2-3-4-10-13-16-27(28)17-14-11-8-6-5-7-9-12-15-22-34-37(31,35-29-18-23-32-24-19-29)36-30-20-25-33-26-21-30/h27H,2-26H2,1H3. The number of hydrogen-bond donors (Lipinski definition) is 0. The molecule has 0 bridgehead atoms. The minimum absolute atomic E-state index is 0.342. The van der Waals surface area contributed by atoms with Crippen molar-refractivity contribution in [2.24, 2.45) is 0 Å². The molecule has 0 radical (unpaired) electrons. The lowest BCUT2D eigenvalue weighted by atomic mass is 10.0. The van der Waals surface area contributed by atoms with E-state index in [2.05, 4.69) is 6.92 Å². The predicted octanol–water partition coefficient (Wildman–Crippen LogP) is 7.24. The van der Waals surface area contributed by atoms with Crippen molar-refractivity contribution < 1.29 is 32.2 Å². The van der Waals surface area contributed by atoms with Crippen molar-refractivity contribution in [2.45, 2.75) is 116 Å². The topological polar surface area (TPSA) is 69.7 Å². The number of ether oxygens (including phenoxy) is 2. The zero-order chi connectivity index (χ0) is 26.4. The molecule has 0 aromatic carbocycles. The van der Waals surface area contributed by atoms with Gasteiger partial charge in [0, 0.05) is 26.2 Å². The Balaban J connectivity index is 1.45. The maximum Gasteiger partial charge on any atom is 0.508 e. The van der Waals surface area contributed by atoms with Crippen molar-refractivity contribution in [1.29, 1.82) is 0 Å². The summed E-state index contributed by atoms with van der Waals surface area (Å²) in [7, 11) is -3.74. The van der Waals surface area contributed by atoms with Gasteiger partial charge in [-0.3, -0.25) is 4.52 Å². The highest BCUT2D eigenvalue weighted by Gasteiger charge is 2.35. The molecule has 0 aromatic heterocycles. The molecule has 2 heterocycles. The summed E-state index contributed by atoms with van der Waals surface area (Å²) in [6.45, 7) is 6.83. The summed E-state index contributed by atoms with van der Waals surface area (Å²) in [5, 5.41) is 3.24. The number of morpholine rings is 2. The third-order valence-electron chi connectivity index (χ3n) is 6.90. The lowest BCUT2D eigenvalue weighted by Crippen LogP contribution is -2.39. The van der Waals surface area contributed by atoms with Crippen LogP contribution in [0, 0.1) is 0 Å². The number of hydrogen-bond acceptors (Lipinski definition) is 8. The molecular weight excluding hydrogens is 498 g/mol. The van der Waals surface area contributed by atoms with E-state index < -0.39 is 14.0 Å². The smallest absolute Gasteiger partial charge is 0.379 e. The lowest BCUT2D eigenvalue weighted by molar-refractivity contribution is -0.182. The molecule has 2 rings (SSSR count). The van der Waals surface area contributed by atoms with Gasteiger partial charge in [0.25, 0.3) is 0 Å². The highest BCUT2D eigenvalue weighted by molar-refractivity contribution is 7.48. The lowest BCUT2D eigenvalue weighted by Gasteiger charge is -2.32. The Labute approximate surface area is 225 Å². The Morgan fingerprint density at radius 2 is 1.08 bits per heavy atom. The van der Waals surface area contributed by atoms with Crippen LogP contribution in [-0.4, -0.2) is 75.5 Å². The van der Waals surface area contributed by atoms with E-state index in [-0.39, 0.29) is 0 Å². The summed E-state index contributed by atoms with van der Waals surface area (Å²) in [6, 6.07) is 0. The predicted molar refractivity (Wildman–Crippen MR) is 145 cm³/mol. The van der Waals surface area contributed by atoms with Gasteiger partial charge in [-0.15, -0.1) is 0 Å². The summed E-state index contributed by atoms with van der Waals surface area (Å²) in [5.41, 5.74) is 0. The largest absolute Gasteiger partial charge is 0.508 e. The fourth-order valence-electron chi connectivity index (χ4n) is 4.60. The van der Waals surface area contributed by atoms with Crippen LogP contribution in [0.3, 0.4) is 0 Å². The van der Waals surface area contributed by atoms with Crippen LogP contribution < -0.4 is 0 Å². The minimum Gasteiger partial charge on any atom is -0.379 e. The number of phosphoric acid groups is 1. The second-order valence-corrected chi connectivity index (χ2v) is 11.8. The van der Waals surface area contributed by atoms with E-state index in [0.29, 0.717) is 59.2 Å². The molecule has 0 aromatic rings. The fraction of sp³-hybridized carbons (Fsp3) is 1.00. The Kier molecular flexibility index (Phi) is 19.4. The van der Waals surface area contributed by atoms with Crippen molar-refractivity contribution in [2.75, 3.05) is 59.2 Å². The minimum atomic E-state index is -3.74. The number of halogens is 1. The van der Waals surface area contributed by atoms with Gasteiger partial charge < -0.3 is 9.47 Å². The van der Waals surface area contributed by atoms with Gasteiger partial charge in [0.15, 0.2) is 0 Å². The Hall–Kier alpha value is -0.120. The van der Waals surface area contributed by atoms with Crippen LogP contribution >= 0.6 is 7.82 Å². The average molecular weight is 553 g/mol. The van der Waals surface area contributed by atoms with Crippen molar-refractivity contribution in [1.82, 2.24) is 10.1 Å². The van der Waals surface area contributed by atoms with Gasteiger partial charge in [-0.1, -0.05) is 90.4 Å². The van der Waals surface area contributed by atoms with Crippen molar-refractivity contribution >= 4 is 7.82 Å². The first-order valence-corrected chi connectivity index (χ1v) is 16.5. The SMILES string of the molecule is CCCCCCCC(F)CCCCCCCCCCCOP(=O)(ON1CCOCC1)ON1CCOCC1. The zero-order valence-electron chi connectivity index (χ0n) is 23.4. The number of nitrogens with zero attached hydrogens (tertiary/aromatic N) is 2.